The Kier molecular flexibility index (Phi) is 8.03. The molecule has 8 N–H and O–H groups in total. The zero-order valence-electron chi connectivity index (χ0n) is 19.2. The molecule has 0 radical (unpaired) electrons. The summed E-state index contributed by atoms with van der Waals surface area (Å²) in [6.45, 7) is 1.93. The lowest BCUT2D eigenvalue weighted by atomic mass is 9.91. The first-order valence-electron chi connectivity index (χ1n) is 11.1. The molecule has 2 aromatic heterocycles. The lowest BCUT2D eigenvalue weighted by molar-refractivity contribution is -0.140. The van der Waals surface area contributed by atoms with Crippen LogP contribution in [0.25, 0.3) is 11.0 Å². The number of anilines is 2. The lowest BCUT2D eigenvalue weighted by Gasteiger charge is -2.16. The molecule has 1 aromatic carbocycles. The Hall–Kier alpha value is -4.41. The maximum absolute atomic E-state index is 12.5. The molecular formula is C24H28N6O5. The van der Waals surface area contributed by atoms with Crippen LogP contribution < -0.4 is 16.8 Å². The van der Waals surface area contributed by atoms with Crippen LogP contribution in [0, 0.1) is 0 Å². The fourth-order valence-electron chi connectivity index (χ4n) is 3.91. The molecule has 35 heavy (non-hydrogen) atoms. The van der Waals surface area contributed by atoms with Gasteiger partial charge in [-0.25, -0.2) is 4.79 Å². The molecular weight excluding hydrogens is 452 g/mol. The number of carbonyl (C=O) groups is 3. The molecule has 3 rings (SSSR count). The Morgan fingerprint density at radius 1 is 1.11 bits per heavy atom. The minimum absolute atomic E-state index is 0.0559. The van der Waals surface area contributed by atoms with Gasteiger partial charge in [0.2, 0.25) is 5.95 Å². The van der Waals surface area contributed by atoms with Crippen molar-refractivity contribution in [1.29, 1.82) is 0 Å². The SMILES string of the molecule is CC=CC(CCc1c[nH]c2nc(N)nc(N)c12)c1ccc(C(=O)N[C@@H](CCC(=O)O)C(=O)O)cc1. The van der Waals surface area contributed by atoms with Gasteiger partial charge < -0.3 is 32.0 Å². The standard InChI is InChI=1S/C24H28N6O5/c1-2-3-13(6-9-16-12-27-21-19(16)20(25)29-24(26)30-21)14-4-7-15(8-5-14)22(33)28-17(23(34)35)10-11-18(31)32/h2-5,7-8,12-13,17H,6,9-11H2,1H3,(H,28,33)(H,31,32)(H,34,35)(H5,25,26,27,29,30)/t13?,17-/m0/s1. The van der Waals surface area contributed by atoms with Gasteiger partial charge in [0.05, 0.1) is 5.39 Å². The van der Waals surface area contributed by atoms with Crippen LogP contribution in [-0.4, -0.2) is 49.1 Å². The van der Waals surface area contributed by atoms with Gasteiger partial charge in [-0.15, -0.1) is 0 Å². The Morgan fingerprint density at radius 3 is 2.46 bits per heavy atom. The van der Waals surface area contributed by atoms with Gasteiger partial charge in [-0.05, 0) is 49.4 Å². The Labute approximate surface area is 201 Å². The second kappa shape index (κ2) is 11.1. The first kappa shape index (κ1) is 25.2. The summed E-state index contributed by atoms with van der Waals surface area (Å²) < 4.78 is 0. The molecule has 2 heterocycles. The summed E-state index contributed by atoms with van der Waals surface area (Å²) in [5.41, 5.74) is 14.5. The zero-order valence-corrected chi connectivity index (χ0v) is 19.2. The number of benzene rings is 1. The Bertz CT molecular complexity index is 1250. The third-order valence-corrected chi connectivity index (χ3v) is 5.66. The monoisotopic (exact) mass is 480 g/mol. The summed E-state index contributed by atoms with van der Waals surface area (Å²) in [4.78, 5) is 45.9. The fourth-order valence-corrected chi connectivity index (χ4v) is 3.91. The maximum atomic E-state index is 12.5. The first-order chi connectivity index (χ1) is 16.7. The Morgan fingerprint density at radius 2 is 1.83 bits per heavy atom. The van der Waals surface area contributed by atoms with E-state index >= 15 is 0 Å². The highest BCUT2D eigenvalue weighted by Crippen LogP contribution is 2.28. The van der Waals surface area contributed by atoms with Gasteiger partial charge in [0.15, 0.2) is 0 Å². The molecule has 0 saturated heterocycles. The highest BCUT2D eigenvalue weighted by atomic mass is 16.4. The molecule has 0 fully saturated rings. The summed E-state index contributed by atoms with van der Waals surface area (Å²) >= 11 is 0. The Balaban J connectivity index is 1.70. The van der Waals surface area contributed by atoms with Crippen LogP contribution in [0.3, 0.4) is 0 Å². The summed E-state index contributed by atoms with van der Waals surface area (Å²) in [6.07, 6.45) is 6.75. The van der Waals surface area contributed by atoms with Crippen molar-refractivity contribution >= 4 is 40.6 Å². The molecule has 0 aliphatic carbocycles. The van der Waals surface area contributed by atoms with Crippen molar-refractivity contribution in [3.8, 4) is 0 Å². The first-order valence-corrected chi connectivity index (χ1v) is 11.1. The van der Waals surface area contributed by atoms with Crippen LogP contribution in [-0.2, 0) is 16.0 Å². The van der Waals surface area contributed by atoms with Crippen LogP contribution >= 0.6 is 0 Å². The molecule has 3 aromatic rings. The third kappa shape index (κ3) is 6.34. The molecule has 11 nitrogen and oxygen atoms in total. The van der Waals surface area contributed by atoms with E-state index in [1.165, 1.54) is 0 Å². The number of aryl methyl sites for hydroxylation is 1. The van der Waals surface area contributed by atoms with Crippen molar-refractivity contribution in [2.24, 2.45) is 0 Å². The number of aromatic amines is 1. The van der Waals surface area contributed by atoms with E-state index in [1.54, 1.807) is 12.1 Å². The number of allylic oxidation sites excluding steroid dienone is 2. The van der Waals surface area contributed by atoms with Crippen molar-refractivity contribution in [1.82, 2.24) is 20.3 Å². The molecule has 0 spiro atoms. The van der Waals surface area contributed by atoms with Gasteiger partial charge in [-0.1, -0.05) is 24.3 Å². The number of nitrogen functional groups attached to an aromatic ring is 2. The van der Waals surface area contributed by atoms with Crippen molar-refractivity contribution < 1.29 is 24.6 Å². The number of carboxylic acids is 2. The second-order valence-corrected chi connectivity index (χ2v) is 8.09. The number of fused-ring (bicyclic) bond motifs is 1. The average Bonchev–Trinajstić information content (AvgIpc) is 3.22. The number of aromatic nitrogens is 3. The highest BCUT2D eigenvalue weighted by Gasteiger charge is 2.22. The van der Waals surface area contributed by atoms with E-state index in [-0.39, 0.29) is 30.3 Å². The number of amides is 1. The van der Waals surface area contributed by atoms with Crippen molar-refractivity contribution in [2.75, 3.05) is 11.5 Å². The van der Waals surface area contributed by atoms with Gasteiger partial charge >= 0.3 is 11.9 Å². The van der Waals surface area contributed by atoms with Crippen LogP contribution in [0.5, 0.6) is 0 Å². The van der Waals surface area contributed by atoms with Crippen LogP contribution in [0.2, 0.25) is 0 Å². The smallest absolute Gasteiger partial charge is 0.326 e. The number of carbonyl (C=O) groups excluding carboxylic acids is 1. The molecule has 11 heteroatoms. The summed E-state index contributed by atoms with van der Waals surface area (Å²) in [5.74, 6) is -2.50. The molecule has 0 aliphatic rings. The fraction of sp³-hybridized carbons (Fsp3) is 0.292. The van der Waals surface area contributed by atoms with Gasteiger partial charge in [0.25, 0.3) is 5.91 Å². The van der Waals surface area contributed by atoms with Gasteiger partial charge in [0.1, 0.15) is 17.5 Å². The highest BCUT2D eigenvalue weighted by molar-refractivity contribution is 5.96. The molecule has 0 saturated carbocycles. The number of rotatable bonds is 11. The molecule has 0 aliphatic heterocycles. The predicted octanol–water partition coefficient (Wildman–Crippen LogP) is 2.46. The number of aliphatic carboxylic acids is 2. The average molecular weight is 481 g/mol. The normalized spacial score (nSPS) is 13.1. The number of nitrogens with two attached hydrogens (primary N) is 2. The molecule has 1 unspecified atom stereocenters. The van der Waals surface area contributed by atoms with Gasteiger partial charge in [0, 0.05) is 24.1 Å². The van der Waals surface area contributed by atoms with E-state index in [9.17, 15) is 19.5 Å². The van der Waals surface area contributed by atoms with Crippen LogP contribution in [0.4, 0.5) is 11.8 Å². The lowest BCUT2D eigenvalue weighted by Crippen LogP contribution is -2.41. The number of nitrogens with one attached hydrogen (secondary N) is 2. The second-order valence-electron chi connectivity index (χ2n) is 8.09. The summed E-state index contributed by atoms with van der Waals surface area (Å²) in [7, 11) is 0. The van der Waals surface area contributed by atoms with E-state index in [2.05, 4.69) is 26.3 Å². The predicted molar refractivity (Wildman–Crippen MR) is 131 cm³/mol. The number of H-pyrrole nitrogens is 1. The topological polar surface area (TPSA) is 197 Å². The zero-order chi connectivity index (χ0) is 25.5. The molecule has 1 amide bonds. The summed E-state index contributed by atoms with van der Waals surface area (Å²) in [5, 5.41) is 21.2. The van der Waals surface area contributed by atoms with Crippen molar-refractivity contribution in [3.63, 3.8) is 0 Å². The van der Waals surface area contributed by atoms with E-state index in [0.29, 0.717) is 17.9 Å². The number of hydrogen-bond acceptors (Lipinski definition) is 7. The van der Waals surface area contributed by atoms with E-state index < -0.39 is 23.9 Å². The van der Waals surface area contributed by atoms with Gasteiger partial charge in [-0.3, -0.25) is 9.59 Å². The molecule has 0 bridgehead atoms. The number of nitrogens with zero attached hydrogens (tertiary/aromatic N) is 2. The third-order valence-electron chi connectivity index (χ3n) is 5.66. The van der Waals surface area contributed by atoms with Gasteiger partial charge in [-0.2, -0.15) is 9.97 Å². The van der Waals surface area contributed by atoms with Crippen LogP contribution in [0.15, 0.2) is 42.6 Å². The number of hydrogen-bond donors (Lipinski definition) is 6. The van der Waals surface area contributed by atoms with Crippen molar-refractivity contribution in [3.05, 3.63) is 59.3 Å². The minimum atomic E-state index is -1.28. The molecule has 2 atom stereocenters. The molecule has 184 valence electrons. The largest absolute Gasteiger partial charge is 0.481 e. The maximum Gasteiger partial charge on any atom is 0.326 e. The summed E-state index contributed by atoms with van der Waals surface area (Å²) in [6, 6.07) is 5.60. The minimum Gasteiger partial charge on any atom is -0.481 e. The van der Waals surface area contributed by atoms with E-state index in [0.717, 1.165) is 22.9 Å². The van der Waals surface area contributed by atoms with Crippen molar-refractivity contribution in [2.45, 2.75) is 44.6 Å². The van der Waals surface area contributed by atoms with E-state index in [4.69, 9.17) is 16.6 Å². The number of carboxylic acid groups (broad SMARTS) is 2. The van der Waals surface area contributed by atoms with Crippen LogP contribution in [0.1, 0.15) is 53.6 Å². The van der Waals surface area contributed by atoms with E-state index in [1.807, 2.05) is 31.3 Å². The quantitative estimate of drug-likeness (QED) is 0.223.